The smallest absolute Gasteiger partial charge is 0.0593 e. The summed E-state index contributed by atoms with van der Waals surface area (Å²) in [7, 11) is 0. The fraction of sp³-hybridized carbons (Fsp3) is 0.667. The minimum atomic E-state index is 1.06. The molecule has 0 N–H and O–H groups in total. The molecular weight excluding hydrogens is 168 g/mol. The quantitative estimate of drug-likeness (QED) is 0.654. The molecule has 1 rings (SSSR count). The number of hydrogen-bond donors (Lipinski definition) is 0. The van der Waals surface area contributed by atoms with Gasteiger partial charge >= 0.3 is 0 Å². The molecule has 0 bridgehead atoms. The summed E-state index contributed by atoms with van der Waals surface area (Å²) >= 11 is 1.99. The summed E-state index contributed by atoms with van der Waals surface area (Å²) in [6, 6.07) is 2.05. The van der Waals surface area contributed by atoms with Gasteiger partial charge in [-0.2, -0.15) is 16.9 Å². The Kier molecular flexibility index (Phi) is 4.22. The second-order valence-electron chi connectivity index (χ2n) is 2.77. The first-order valence-corrected chi connectivity index (χ1v) is 5.56. The maximum absolute atomic E-state index is 4.32. The van der Waals surface area contributed by atoms with Gasteiger partial charge in [0.15, 0.2) is 0 Å². The maximum atomic E-state index is 4.32. The highest BCUT2D eigenvalue weighted by Gasteiger charge is 1.93. The molecular formula is C9H16N2S. The van der Waals surface area contributed by atoms with Crippen LogP contribution in [0.15, 0.2) is 12.3 Å². The van der Waals surface area contributed by atoms with Crippen LogP contribution in [0.4, 0.5) is 0 Å². The monoisotopic (exact) mass is 184 g/mol. The van der Waals surface area contributed by atoms with E-state index < -0.39 is 0 Å². The van der Waals surface area contributed by atoms with Crippen LogP contribution in [0.2, 0.25) is 0 Å². The molecule has 0 aliphatic carbocycles. The number of rotatable bonds is 5. The van der Waals surface area contributed by atoms with Gasteiger partial charge in [-0.05, 0) is 30.9 Å². The predicted molar refractivity (Wildman–Crippen MR) is 54.6 cm³/mol. The van der Waals surface area contributed by atoms with Gasteiger partial charge in [0.2, 0.25) is 0 Å². The van der Waals surface area contributed by atoms with Crippen LogP contribution >= 0.6 is 11.8 Å². The van der Waals surface area contributed by atoms with Crippen molar-refractivity contribution in [3.05, 3.63) is 18.0 Å². The van der Waals surface area contributed by atoms with E-state index in [1.54, 1.807) is 0 Å². The van der Waals surface area contributed by atoms with Gasteiger partial charge in [-0.25, -0.2) is 0 Å². The third-order valence-corrected chi connectivity index (χ3v) is 2.64. The molecule has 0 aliphatic rings. The van der Waals surface area contributed by atoms with Crippen LogP contribution in [0.1, 0.15) is 19.0 Å². The molecule has 1 aromatic rings. The fourth-order valence-electron chi connectivity index (χ4n) is 1.06. The standard InChI is InChI=1S/C9H16N2S/c1-3-12-8-4-6-11-7-5-9(2)10-11/h5,7H,3-4,6,8H2,1-2H3. The second kappa shape index (κ2) is 5.25. The highest BCUT2D eigenvalue weighted by Crippen LogP contribution is 2.02. The lowest BCUT2D eigenvalue weighted by molar-refractivity contribution is 0.602. The molecule has 0 aromatic carbocycles. The largest absolute Gasteiger partial charge is 0.272 e. The van der Waals surface area contributed by atoms with E-state index in [0.29, 0.717) is 0 Å². The molecule has 2 nitrogen and oxygen atoms in total. The van der Waals surface area contributed by atoms with Crippen molar-refractivity contribution in [3.8, 4) is 0 Å². The third-order valence-electron chi connectivity index (χ3n) is 1.65. The van der Waals surface area contributed by atoms with Crippen molar-refractivity contribution in [2.24, 2.45) is 0 Å². The van der Waals surface area contributed by atoms with E-state index in [1.165, 1.54) is 17.9 Å². The average Bonchev–Trinajstić information content (AvgIpc) is 2.45. The van der Waals surface area contributed by atoms with E-state index in [1.807, 2.05) is 35.6 Å². The first kappa shape index (κ1) is 9.65. The van der Waals surface area contributed by atoms with Crippen molar-refractivity contribution in [1.29, 1.82) is 0 Å². The Hall–Kier alpha value is -0.440. The van der Waals surface area contributed by atoms with E-state index in [-0.39, 0.29) is 0 Å². The number of aryl methyl sites for hydroxylation is 2. The van der Waals surface area contributed by atoms with Crippen LogP contribution < -0.4 is 0 Å². The first-order chi connectivity index (χ1) is 5.83. The molecule has 0 saturated carbocycles. The molecule has 0 unspecified atom stereocenters. The molecule has 0 fully saturated rings. The minimum Gasteiger partial charge on any atom is -0.272 e. The molecule has 0 radical (unpaired) electrons. The topological polar surface area (TPSA) is 17.8 Å². The lowest BCUT2D eigenvalue weighted by Crippen LogP contribution is -1.99. The Morgan fingerprint density at radius 2 is 2.42 bits per heavy atom. The average molecular weight is 184 g/mol. The SMILES string of the molecule is CCSCCCn1ccc(C)n1. The zero-order valence-electron chi connectivity index (χ0n) is 7.79. The summed E-state index contributed by atoms with van der Waals surface area (Å²) in [5.41, 5.74) is 1.11. The Morgan fingerprint density at radius 1 is 1.58 bits per heavy atom. The molecule has 0 atom stereocenters. The van der Waals surface area contributed by atoms with Gasteiger partial charge < -0.3 is 0 Å². The van der Waals surface area contributed by atoms with Crippen LogP contribution in [0.25, 0.3) is 0 Å². The Morgan fingerprint density at radius 3 is 3.00 bits per heavy atom. The van der Waals surface area contributed by atoms with Crippen molar-refractivity contribution in [2.45, 2.75) is 26.8 Å². The predicted octanol–water partition coefficient (Wildman–Crippen LogP) is 2.33. The van der Waals surface area contributed by atoms with Gasteiger partial charge in [-0.3, -0.25) is 4.68 Å². The van der Waals surface area contributed by atoms with E-state index in [4.69, 9.17) is 0 Å². The summed E-state index contributed by atoms with van der Waals surface area (Å²) < 4.78 is 2.02. The zero-order chi connectivity index (χ0) is 8.81. The summed E-state index contributed by atoms with van der Waals surface area (Å²) in [5.74, 6) is 2.47. The third kappa shape index (κ3) is 3.30. The molecule has 68 valence electrons. The molecule has 1 aromatic heterocycles. The van der Waals surface area contributed by atoms with Crippen LogP contribution in [0.5, 0.6) is 0 Å². The Bertz CT molecular complexity index is 220. The van der Waals surface area contributed by atoms with Gasteiger partial charge in [0, 0.05) is 12.7 Å². The van der Waals surface area contributed by atoms with Gasteiger partial charge in [0.25, 0.3) is 0 Å². The number of nitrogens with zero attached hydrogens (tertiary/aromatic N) is 2. The normalized spacial score (nSPS) is 10.5. The number of thioether (sulfide) groups is 1. The molecule has 1 heterocycles. The van der Waals surface area contributed by atoms with Crippen LogP contribution in [0.3, 0.4) is 0 Å². The lowest BCUT2D eigenvalue weighted by atomic mass is 10.5. The van der Waals surface area contributed by atoms with Crippen molar-refractivity contribution < 1.29 is 0 Å². The first-order valence-electron chi connectivity index (χ1n) is 4.40. The van der Waals surface area contributed by atoms with Crippen molar-refractivity contribution >= 4 is 11.8 Å². The Labute approximate surface area is 78.4 Å². The van der Waals surface area contributed by atoms with Crippen LogP contribution in [-0.4, -0.2) is 21.3 Å². The lowest BCUT2D eigenvalue weighted by Gasteiger charge is -1.99. The van der Waals surface area contributed by atoms with Gasteiger partial charge in [0.05, 0.1) is 5.69 Å². The molecule has 0 saturated heterocycles. The highest BCUT2D eigenvalue weighted by atomic mass is 32.2. The van der Waals surface area contributed by atoms with Crippen LogP contribution in [0, 0.1) is 6.92 Å². The van der Waals surface area contributed by atoms with E-state index in [0.717, 1.165) is 12.2 Å². The van der Waals surface area contributed by atoms with Gasteiger partial charge in [-0.15, -0.1) is 0 Å². The van der Waals surface area contributed by atoms with Gasteiger partial charge in [-0.1, -0.05) is 6.92 Å². The van der Waals surface area contributed by atoms with Gasteiger partial charge in [0.1, 0.15) is 0 Å². The van der Waals surface area contributed by atoms with Crippen LogP contribution in [-0.2, 0) is 6.54 Å². The summed E-state index contributed by atoms with van der Waals surface area (Å²) in [6.07, 6.45) is 3.27. The van der Waals surface area contributed by atoms with Crippen molar-refractivity contribution in [2.75, 3.05) is 11.5 Å². The molecule has 0 amide bonds. The van der Waals surface area contributed by atoms with E-state index in [2.05, 4.69) is 12.0 Å². The molecule has 0 spiro atoms. The van der Waals surface area contributed by atoms with Crippen molar-refractivity contribution in [1.82, 2.24) is 9.78 Å². The van der Waals surface area contributed by atoms with Crippen molar-refractivity contribution in [3.63, 3.8) is 0 Å². The fourth-order valence-corrected chi connectivity index (χ4v) is 1.68. The summed E-state index contributed by atoms with van der Waals surface area (Å²) in [5, 5.41) is 4.32. The Balaban J connectivity index is 2.15. The molecule has 12 heavy (non-hydrogen) atoms. The zero-order valence-corrected chi connectivity index (χ0v) is 8.60. The molecule has 3 heteroatoms. The van der Waals surface area contributed by atoms with E-state index in [9.17, 15) is 0 Å². The summed E-state index contributed by atoms with van der Waals surface area (Å²) in [4.78, 5) is 0. The number of hydrogen-bond acceptors (Lipinski definition) is 2. The number of aromatic nitrogens is 2. The van der Waals surface area contributed by atoms with E-state index >= 15 is 0 Å². The second-order valence-corrected chi connectivity index (χ2v) is 4.16. The maximum Gasteiger partial charge on any atom is 0.0593 e. The molecule has 0 aliphatic heterocycles. The minimum absolute atomic E-state index is 1.06. The highest BCUT2D eigenvalue weighted by molar-refractivity contribution is 7.99. The summed E-state index contributed by atoms with van der Waals surface area (Å²) in [6.45, 7) is 5.28.